The van der Waals surface area contributed by atoms with E-state index in [0.717, 1.165) is 11.4 Å². The fourth-order valence-corrected chi connectivity index (χ4v) is 2.07. The Morgan fingerprint density at radius 3 is 1.29 bits per heavy atom. The fourth-order valence-electron chi connectivity index (χ4n) is 2.07. The first-order chi connectivity index (χ1) is 9.18. The van der Waals surface area contributed by atoms with Crippen LogP contribution in [0.5, 0.6) is 0 Å². The summed E-state index contributed by atoms with van der Waals surface area (Å²) in [5, 5.41) is 0. The SMILES string of the molecule is CC(C)(C)c1ccnc(-c2cc(C(C)(C)C)ccn2)c1.[Ru]. The molecule has 0 radical (unpaired) electrons. The van der Waals surface area contributed by atoms with Gasteiger partial charge in [0.2, 0.25) is 0 Å². The van der Waals surface area contributed by atoms with Crippen LogP contribution in [0.2, 0.25) is 0 Å². The Morgan fingerprint density at radius 2 is 1.00 bits per heavy atom. The van der Waals surface area contributed by atoms with E-state index in [1.165, 1.54) is 11.1 Å². The van der Waals surface area contributed by atoms with Gasteiger partial charge in [0.05, 0.1) is 11.4 Å². The summed E-state index contributed by atoms with van der Waals surface area (Å²) in [7, 11) is 0. The van der Waals surface area contributed by atoms with Crippen molar-refractivity contribution in [3.63, 3.8) is 0 Å². The summed E-state index contributed by atoms with van der Waals surface area (Å²) in [6.07, 6.45) is 3.75. The van der Waals surface area contributed by atoms with E-state index in [0.29, 0.717) is 0 Å². The van der Waals surface area contributed by atoms with Crippen LogP contribution in [-0.2, 0) is 30.3 Å². The van der Waals surface area contributed by atoms with E-state index >= 15 is 0 Å². The molecule has 0 aliphatic carbocycles. The molecule has 0 aromatic carbocycles. The maximum atomic E-state index is 4.48. The summed E-state index contributed by atoms with van der Waals surface area (Å²) in [6.45, 7) is 13.3. The van der Waals surface area contributed by atoms with E-state index in [1.54, 1.807) is 0 Å². The molecule has 0 unspecified atom stereocenters. The van der Waals surface area contributed by atoms with Crippen molar-refractivity contribution in [2.24, 2.45) is 0 Å². The van der Waals surface area contributed by atoms with E-state index in [-0.39, 0.29) is 30.3 Å². The molecule has 2 aromatic rings. The molecular weight excluding hydrogens is 345 g/mol. The Morgan fingerprint density at radius 1 is 0.667 bits per heavy atom. The minimum absolute atomic E-state index is 0. The van der Waals surface area contributed by atoms with Crippen LogP contribution < -0.4 is 0 Å². The predicted octanol–water partition coefficient (Wildman–Crippen LogP) is 4.74. The number of rotatable bonds is 1. The van der Waals surface area contributed by atoms with Gasteiger partial charge in [0.1, 0.15) is 0 Å². The Bertz CT molecular complexity index is 552. The fraction of sp³-hybridized carbons (Fsp3) is 0.444. The third-order valence-corrected chi connectivity index (χ3v) is 3.51. The summed E-state index contributed by atoms with van der Waals surface area (Å²) in [5.74, 6) is 0. The van der Waals surface area contributed by atoms with Crippen molar-refractivity contribution >= 4 is 0 Å². The molecule has 0 aliphatic rings. The van der Waals surface area contributed by atoms with Gasteiger partial charge in [-0.3, -0.25) is 9.97 Å². The third-order valence-electron chi connectivity index (χ3n) is 3.51. The van der Waals surface area contributed by atoms with Crippen LogP contribution in [0.1, 0.15) is 52.7 Å². The number of nitrogens with zero attached hydrogens (tertiary/aromatic N) is 2. The van der Waals surface area contributed by atoms with E-state index in [4.69, 9.17) is 0 Å². The maximum Gasteiger partial charge on any atom is 0.0889 e. The topological polar surface area (TPSA) is 25.8 Å². The third kappa shape index (κ3) is 4.44. The minimum Gasteiger partial charge on any atom is -0.255 e. The number of aromatic nitrogens is 2. The van der Waals surface area contributed by atoms with Crippen molar-refractivity contribution in [2.75, 3.05) is 0 Å². The van der Waals surface area contributed by atoms with Gasteiger partial charge in [-0.25, -0.2) is 0 Å². The second-order valence-electron chi connectivity index (χ2n) is 7.36. The van der Waals surface area contributed by atoms with Crippen molar-refractivity contribution in [1.29, 1.82) is 0 Å². The zero-order valence-corrected chi connectivity index (χ0v) is 15.5. The van der Waals surface area contributed by atoms with Crippen molar-refractivity contribution in [3.8, 4) is 11.4 Å². The molecule has 2 nitrogen and oxygen atoms in total. The second-order valence-corrected chi connectivity index (χ2v) is 7.36. The van der Waals surface area contributed by atoms with E-state index in [1.807, 2.05) is 12.4 Å². The van der Waals surface area contributed by atoms with Crippen LogP contribution in [0.4, 0.5) is 0 Å². The summed E-state index contributed by atoms with van der Waals surface area (Å²) in [6, 6.07) is 8.46. The van der Waals surface area contributed by atoms with Crippen LogP contribution in [0.15, 0.2) is 36.7 Å². The van der Waals surface area contributed by atoms with Crippen molar-refractivity contribution in [3.05, 3.63) is 47.8 Å². The molecule has 0 bridgehead atoms. The molecule has 2 aromatic heterocycles. The van der Waals surface area contributed by atoms with Gasteiger partial charge in [-0.05, 0) is 46.2 Å². The first-order valence-electron chi connectivity index (χ1n) is 7.11. The van der Waals surface area contributed by atoms with Crippen molar-refractivity contribution in [2.45, 2.75) is 52.4 Å². The van der Waals surface area contributed by atoms with Gasteiger partial charge >= 0.3 is 0 Å². The van der Waals surface area contributed by atoms with Crippen molar-refractivity contribution < 1.29 is 19.5 Å². The van der Waals surface area contributed by atoms with E-state index in [9.17, 15) is 0 Å². The summed E-state index contributed by atoms with van der Waals surface area (Å²) in [5.41, 5.74) is 4.71. The Hall–Kier alpha value is -1.08. The zero-order valence-electron chi connectivity index (χ0n) is 13.7. The van der Waals surface area contributed by atoms with E-state index < -0.39 is 0 Å². The average Bonchev–Trinajstić information content (AvgIpc) is 2.37. The Balaban J connectivity index is 0.00000220. The standard InChI is InChI=1S/C18H24N2.Ru/c1-17(2,3)13-7-9-19-15(11-13)16-12-14(8-10-20-16)18(4,5)6;/h7-12H,1-6H3;. The van der Waals surface area contributed by atoms with E-state index in [2.05, 4.69) is 75.8 Å². The van der Waals surface area contributed by atoms with Crippen molar-refractivity contribution in [1.82, 2.24) is 9.97 Å². The van der Waals surface area contributed by atoms with Gasteiger partial charge < -0.3 is 0 Å². The molecule has 0 aliphatic heterocycles. The van der Waals surface area contributed by atoms with Crippen LogP contribution in [0.25, 0.3) is 11.4 Å². The van der Waals surface area contributed by atoms with Gasteiger partial charge in [-0.2, -0.15) is 0 Å². The molecule has 3 heteroatoms. The predicted molar refractivity (Wildman–Crippen MR) is 84.9 cm³/mol. The minimum atomic E-state index is 0. The number of hydrogen-bond acceptors (Lipinski definition) is 2. The van der Waals surface area contributed by atoms with Crippen LogP contribution in [0.3, 0.4) is 0 Å². The maximum absolute atomic E-state index is 4.48. The molecule has 114 valence electrons. The summed E-state index contributed by atoms with van der Waals surface area (Å²) >= 11 is 0. The van der Waals surface area contributed by atoms with Crippen LogP contribution in [-0.4, -0.2) is 9.97 Å². The van der Waals surface area contributed by atoms with Gasteiger partial charge in [0.25, 0.3) is 0 Å². The molecule has 0 saturated heterocycles. The monoisotopic (exact) mass is 370 g/mol. The molecule has 0 amide bonds. The second kappa shape index (κ2) is 6.36. The largest absolute Gasteiger partial charge is 0.255 e. The zero-order chi connectivity index (χ0) is 15.0. The molecule has 0 N–H and O–H groups in total. The number of hydrogen-bond donors (Lipinski definition) is 0. The average molecular weight is 369 g/mol. The van der Waals surface area contributed by atoms with Gasteiger partial charge in [-0.15, -0.1) is 0 Å². The van der Waals surface area contributed by atoms with Gasteiger partial charge in [0.15, 0.2) is 0 Å². The summed E-state index contributed by atoms with van der Waals surface area (Å²) in [4.78, 5) is 8.97. The Kier molecular flexibility index (Phi) is 5.44. The molecule has 0 spiro atoms. The van der Waals surface area contributed by atoms with Gasteiger partial charge in [-0.1, -0.05) is 41.5 Å². The van der Waals surface area contributed by atoms with Crippen LogP contribution in [0, 0.1) is 0 Å². The Labute approximate surface area is 141 Å². The van der Waals surface area contributed by atoms with Gasteiger partial charge in [0, 0.05) is 31.9 Å². The molecule has 0 fully saturated rings. The molecule has 0 atom stereocenters. The molecule has 0 saturated carbocycles. The first-order valence-corrected chi connectivity index (χ1v) is 7.11. The first kappa shape index (κ1) is 18.0. The number of pyridine rings is 2. The molecule has 2 heterocycles. The quantitative estimate of drug-likeness (QED) is 0.679. The molecular formula is C18H24N2Ru. The van der Waals surface area contributed by atoms with Crippen LogP contribution >= 0.6 is 0 Å². The summed E-state index contributed by atoms with van der Waals surface area (Å²) < 4.78 is 0. The normalized spacial score (nSPS) is 11.9. The molecule has 21 heavy (non-hydrogen) atoms. The smallest absolute Gasteiger partial charge is 0.0889 e. The molecule has 2 rings (SSSR count).